The number of aryl methyl sites for hydroxylation is 1. The molecule has 0 aliphatic carbocycles. The van der Waals surface area contributed by atoms with Crippen LogP contribution in [-0.4, -0.2) is 53.8 Å². The molecule has 7 heteroatoms. The maximum atomic E-state index is 13.4. The van der Waals surface area contributed by atoms with Gasteiger partial charge in [0.2, 0.25) is 5.91 Å². The fourth-order valence-corrected chi connectivity index (χ4v) is 4.48. The number of aliphatic hydroxyl groups excluding tert-OH is 1. The molecular weight excluding hydrogens is 454 g/mol. The predicted octanol–water partition coefficient (Wildman–Crippen LogP) is 4.04. The maximum absolute atomic E-state index is 13.4. The predicted molar refractivity (Wildman–Crippen MR) is 140 cm³/mol. The van der Waals surface area contributed by atoms with Gasteiger partial charge in [-0.2, -0.15) is 0 Å². The van der Waals surface area contributed by atoms with Gasteiger partial charge in [-0.05, 0) is 53.8 Å². The van der Waals surface area contributed by atoms with Gasteiger partial charge in [0.05, 0.1) is 18.4 Å². The van der Waals surface area contributed by atoms with Crippen LogP contribution in [0, 0.1) is 13.8 Å². The zero-order chi connectivity index (χ0) is 25.7. The van der Waals surface area contributed by atoms with Crippen molar-refractivity contribution in [2.45, 2.75) is 32.4 Å². The van der Waals surface area contributed by atoms with Crippen molar-refractivity contribution in [3.05, 3.63) is 95.1 Å². The van der Waals surface area contributed by atoms with Crippen LogP contribution in [0.3, 0.4) is 0 Å². The number of hydrogen-bond donors (Lipinski definition) is 2. The summed E-state index contributed by atoms with van der Waals surface area (Å²) in [6.45, 7) is 4.41. The van der Waals surface area contributed by atoms with E-state index in [9.17, 15) is 14.7 Å². The lowest BCUT2D eigenvalue weighted by atomic mass is 9.96. The van der Waals surface area contributed by atoms with Crippen LogP contribution < -0.4 is 5.32 Å². The van der Waals surface area contributed by atoms with Crippen LogP contribution in [-0.2, 0) is 9.63 Å². The van der Waals surface area contributed by atoms with Crippen molar-refractivity contribution >= 4 is 17.5 Å². The Morgan fingerprint density at radius 2 is 1.78 bits per heavy atom. The molecule has 0 aromatic heterocycles. The average Bonchev–Trinajstić information content (AvgIpc) is 3.33. The van der Waals surface area contributed by atoms with Crippen molar-refractivity contribution in [3.8, 4) is 11.1 Å². The summed E-state index contributed by atoms with van der Waals surface area (Å²) in [6, 6.07) is 22.0. The molecular formula is C29H31N3O4. The van der Waals surface area contributed by atoms with Crippen LogP contribution in [0.25, 0.3) is 11.1 Å². The molecule has 1 saturated heterocycles. The number of carbonyl (C=O) groups excluding carboxylic acids is 2. The van der Waals surface area contributed by atoms with E-state index >= 15 is 0 Å². The van der Waals surface area contributed by atoms with E-state index in [0.717, 1.165) is 11.1 Å². The average molecular weight is 486 g/mol. The molecule has 2 amide bonds. The Morgan fingerprint density at radius 1 is 1.06 bits per heavy atom. The van der Waals surface area contributed by atoms with Crippen LogP contribution >= 0.6 is 0 Å². The Bertz CT molecular complexity index is 1260. The number of nitrogens with zero attached hydrogens (tertiary/aromatic N) is 2. The van der Waals surface area contributed by atoms with Gasteiger partial charge in [-0.15, -0.1) is 0 Å². The highest BCUT2D eigenvalue weighted by Crippen LogP contribution is 2.27. The van der Waals surface area contributed by atoms with Gasteiger partial charge in [0.15, 0.2) is 0 Å². The highest BCUT2D eigenvalue weighted by atomic mass is 16.6. The first kappa shape index (κ1) is 25.1. The number of aliphatic hydroxyl groups is 1. The minimum atomic E-state index is -0.842. The minimum Gasteiger partial charge on any atom is -0.399 e. The maximum Gasteiger partial charge on any atom is 0.254 e. The van der Waals surface area contributed by atoms with Gasteiger partial charge in [0, 0.05) is 18.5 Å². The summed E-state index contributed by atoms with van der Waals surface area (Å²) in [5.74, 6) is -0.598. The first-order chi connectivity index (χ1) is 17.4. The summed E-state index contributed by atoms with van der Waals surface area (Å²) in [7, 11) is 1.44. The second-order valence-corrected chi connectivity index (χ2v) is 8.99. The van der Waals surface area contributed by atoms with E-state index in [1.54, 1.807) is 24.3 Å². The van der Waals surface area contributed by atoms with Gasteiger partial charge in [-0.1, -0.05) is 65.8 Å². The summed E-state index contributed by atoms with van der Waals surface area (Å²) in [5.41, 5.74) is 6.37. The van der Waals surface area contributed by atoms with Crippen LogP contribution in [0.2, 0.25) is 0 Å². The van der Waals surface area contributed by atoms with Crippen molar-refractivity contribution in [2.75, 3.05) is 20.2 Å². The molecule has 0 radical (unpaired) electrons. The number of oxime groups is 1. The van der Waals surface area contributed by atoms with Crippen LogP contribution in [0.5, 0.6) is 0 Å². The standard InChI is InChI=1S/C29H31N3O4/c1-19-8-7-11-25(20(19)2)21-12-14-23(15-13-21)29(35)32-18-24(31-36-3)16-26(32)28(34)30-17-27(33)22-9-5-4-6-10-22/h4-15,26-27,33H,16-18H2,1-3H3,(H,30,34)/b31-24-/t26-,27?/m0/s1. The van der Waals surface area contributed by atoms with Crippen LogP contribution in [0.4, 0.5) is 0 Å². The molecule has 1 heterocycles. The second-order valence-electron chi connectivity index (χ2n) is 8.99. The van der Waals surface area contributed by atoms with Crippen LogP contribution in [0.15, 0.2) is 78.0 Å². The quantitative estimate of drug-likeness (QED) is 0.494. The number of nitrogens with one attached hydrogen (secondary N) is 1. The molecule has 7 nitrogen and oxygen atoms in total. The first-order valence-electron chi connectivity index (χ1n) is 12.0. The fourth-order valence-electron chi connectivity index (χ4n) is 4.48. The number of benzene rings is 3. The molecule has 36 heavy (non-hydrogen) atoms. The Morgan fingerprint density at radius 3 is 2.47 bits per heavy atom. The molecule has 1 aliphatic heterocycles. The van der Waals surface area contributed by atoms with Crippen molar-refractivity contribution in [1.82, 2.24) is 10.2 Å². The van der Waals surface area contributed by atoms with Gasteiger partial charge in [0.25, 0.3) is 5.91 Å². The number of carbonyl (C=O) groups is 2. The molecule has 1 aliphatic rings. The largest absolute Gasteiger partial charge is 0.399 e. The SMILES string of the molecule is CO/N=C1/C[C@@H](C(=O)NCC(O)c2ccccc2)N(C(=O)c2ccc(-c3cccc(C)c3C)cc2)C1. The molecule has 4 rings (SSSR count). The third-order valence-corrected chi connectivity index (χ3v) is 6.64. The summed E-state index contributed by atoms with van der Waals surface area (Å²) in [5, 5.41) is 17.2. The molecule has 0 saturated carbocycles. The topological polar surface area (TPSA) is 91.2 Å². The number of rotatable bonds is 7. The zero-order valence-corrected chi connectivity index (χ0v) is 20.8. The molecule has 0 spiro atoms. The van der Waals surface area contributed by atoms with Crippen molar-refractivity contribution in [2.24, 2.45) is 5.16 Å². The number of amides is 2. The first-order valence-corrected chi connectivity index (χ1v) is 12.0. The third-order valence-electron chi connectivity index (χ3n) is 6.64. The smallest absolute Gasteiger partial charge is 0.254 e. The Balaban J connectivity index is 1.50. The van der Waals surface area contributed by atoms with E-state index < -0.39 is 12.1 Å². The zero-order valence-electron chi connectivity index (χ0n) is 20.8. The lowest BCUT2D eigenvalue weighted by Gasteiger charge is -2.24. The van der Waals surface area contributed by atoms with Crippen LogP contribution in [0.1, 0.15) is 39.6 Å². The summed E-state index contributed by atoms with van der Waals surface area (Å²) >= 11 is 0. The van der Waals surface area contributed by atoms with Gasteiger partial charge >= 0.3 is 0 Å². The Kier molecular flexibility index (Phi) is 7.80. The molecule has 3 aromatic carbocycles. The molecule has 3 aromatic rings. The van der Waals surface area contributed by atoms with E-state index in [4.69, 9.17) is 4.84 Å². The lowest BCUT2D eigenvalue weighted by Crippen LogP contribution is -2.46. The minimum absolute atomic E-state index is 0.0443. The molecule has 186 valence electrons. The normalized spacial score (nSPS) is 17.2. The van der Waals surface area contributed by atoms with E-state index in [-0.39, 0.29) is 31.3 Å². The Labute approximate surface area is 211 Å². The molecule has 1 fully saturated rings. The van der Waals surface area contributed by atoms with Crippen molar-refractivity contribution < 1.29 is 19.5 Å². The van der Waals surface area contributed by atoms with Crippen molar-refractivity contribution in [3.63, 3.8) is 0 Å². The van der Waals surface area contributed by atoms with Gasteiger partial charge in [-0.3, -0.25) is 9.59 Å². The van der Waals surface area contributed by atoms with Crippen molar-refractivity contribution in [1.29, 1.82) is 0 Å². The number of likely N-dealkylation sites (tertiary alicyclic amines) is 1. The van der Waals surface area contributed by atoms with E-state index in [0.29, 0.717) is 16.8 Å². The van der Waals surface area contributed by atoms with E-state index in [1.165, 1.54) is 23.1 Å². The highest BCUT2D eigenvalue weighted by molar-refractivity contribution is 6.05. The summed E-state index contributed by atoms with van der Waals surface area (Å²) in [4.78, 5) is 32.9. The Hall–Kier alpha value is -3.97. The second kappa shape index (κ2) is 11.2. The molecule has 1 unspecified atom stereocenters. The van der Waals surface area contributed by atoms with E-state index in [1.807, 2.05) is 36.4 Å². The number of hydrogen-bond acceptors (Lipinski definition) is 5. The van der Waals surface area contributed by atoms with Gasteiger partial charge < -0.3 is 20.2 Å². The highest BCUT2D eigenvalue weighted by Gasteiger charge is 2.38. The summed E-state index contributed by atoms with van der Waals surface area (Å²) in [6.07, 6.45) is -0.571. The molecule has 0 bridgehead atoms. The van der Waals surface area contributed by atoms with E-state index in [2.05, 4.69) is 36.5 Å². The third kappa shape index (κ3) is 5.47. The molecule has 2 atom stereocenters. The summed E-state index contributed by atoms with van der Waals surface area (Å²) < 4.78 is 0. The molecule has 2 N–H and O–H groups in total. The monoisotopic (exact) mass is 485 g/mol. The van der Waals surface area contributed by atoms with Gasteiger partial charge in [-0.25, -0.2) is 0 Å². The lowest BCUT2D eigenvalue weighted by molar-refractivity contribution is -0.125. The van der Waals surface area contributed by atoms with Gasteiger partial charge in [0.1, 0.15) is 13.2 Å². The fraction of sp³-hybridized carbons (Fsp3) is 0.276.